The summed E-state index contributed by atoms with van der Waals surface area (Å²) in [5.74, 6) is 0. The summed E-state index contributed by atoms with van der Waals surface area (Å²) in [4.78, 5) is 4.42. The van der Waals surface area contributed by atoms with E-state index in [-0.39, 0.29) is 5.41 Å². The molecule has 0 amide bonds. The predicted molar refractivity (Wildman–Crippen MR) is 136 cm³/mol. The predicted octanol–water partition coefficient (Wildman–Crippen LogP) is 7.09. The van der Waals surface area contributed by atoms with Crippen molar-refractivity contribution in [1.82, 2.24) is 9.55 Å². The van der Waals surface area contributed by atoms with Crippen molar-refractivity contribution in [2.24, 2.45) is 7.05 Å². The molecule has 2 heterocycles. The Labute approximate surface area is 192 Å². The minimum Gasteiger partial charge on any atom is -0.344 e. The molecule has 2 aromatic heterocycles. The summed E-state index contributed by atoms with van der Waals surface area (Å²) in [6.45, 7) is 0. The molecule has 1 aliphatic carbocycles. The summed E-state index contributed by atoms with van der Waals surface area (Å²) in [5, 5.41) is 2.46. The molecule has 33 heavy (non-hydrogen) atoms. The molecule has 0 unspecified atom stereocenters. The van der Waals surface area contributed by atoms with Gasteiger partial charge in [-0.25, -0.2) is 0 Å². The molecule has 0 radical (unpaired) electrons. The van der Waals surface area contributed by atoms with Crippen LogP contribution in [0.1, 0.15) is 22.3 Å². The van der Waals surface area contributed by atoms with E-state index in [0.29, 0.717) is 0 Å². The van der Waals surface area contributed by atoms with E-state index in [1.807, 2.05) is 12.4 Å². The van der Waals surface area contributed by atoms with Gasteiger partial charge in [0, 0.05) is 35.7 Å². The second-order valence-corrected chi connectivity index (χ2v) is 8.89. The van der Waals surface area contributed by atoms with Crippen molar-refractivity contribution < 1.29 is 0 Å². The summed E-state index contributed by atoms with van der Waals surface area (Å²) in [6, 6.07) is 37.7. The molecule has 7 rings (SSSR count). The lowest BCUT2D eigenvalue weighted by Gasteiger charge is -2.33. The van der Waals surface area contributed by atoms with Gasteiger partial charge in [-0.3, -0.25) is 4.98 Å². The molecule has 0 saturated carbocycles. The third kappa shape index (κ3) is 2.30. The maximum atomic E-state index is 4.42. The molecule has 6 aromatic rings. The van der Waals surface area contributed by atoms with Gasteiger partial charge in [0.25, 0.3) is 0 Å². The fourth-order valence-corrected chi connectivity index (χ4v) is 5.99. The van der Waals surface area contributed by atoms with E-state index in [1.165, 1.54) is 55.2 Å². The van der Waals surface area contributed by atoms with E-state index < -0.39 is 0 Å². The Kier molecular flexibility index (Phi) is 3.72. The SMILES string of the molecule is Cn1c2ccncc2c2cc3c(cc21)C(c1ccccc1)(c1ccccc1)c1ccccc1-3. The first-order chi connectivity index (χ1) is 16.3. The van der Waals surface area contributed by atoms with Crippen molar-refractivity contribution in [3.05, 3.63) is 138 Å². The highest BCUT2D eigenvalue weighted by Gasteiger charge is 2.46. The Morgan fingerprint density at radius 1 is 0.606 bits per heavy atom. The van der Waals surface area contributed by atoms with Gasteiger partial charge < -0.3 is 4.57 Å². The van der Waals surface area contributed by atoms with Gasteiger partial charge in [0.2, 0.25) is 0 Å². The van der Waals surface area contributed by atoms with Crippen LogP contribution in [-0.2, 0) is 12.5 Å². The van der Waals surface area contributed by atoms with Crippen LogP contribution in [0.25, 0.3) is 32.9 Å². The van der Waals surface area contributed by atoms with Crippen molar-refractivity contribution in [2.75, 3.05) is 0 Å². The highest BCUT2D eigenvalue weighted by atomic mass is 14.9. The van der Waals surface area contributed by atoms with Crippen LogP contribution in [0.3, 0.4) is 0 Å². The number of fused-ring (bicyclic) bond motifs is 6. The lowest BCUT2D eigenvalue weighted by Crippen LogP contribution is -2.28. The van der Waals surface area contributed by atoms with E-state index in [2.05, 4.69) is 120 Å². The van der Waals surface area contributed by atoms with Crippen LogP contribution in [0.15, 0.2) is 116 Å². The fourth-order valence-electron chi connectivity index (χ4n) is 5.99. The zero-order valence-corrected chi connectivity index (χ0v) is 18.4. The van der Waals surface area contributed by atoms with Gasteiger partial charge in [-0.1, -0.05) is 84.9 Å². The number of aromatic nitrogens is 2. The first kappa shape index (κ1) is 18.4. The smallest absolute Gasteiger partial charge is 0.0714 e. The number of benzene rings is 4. The van der Waals surface area contributed by atoms with E-state index in [9.17, 15) is 0 Å². The zero-order valence-electron chi connectivity index (χ0n) is 18.4. The van der Waals surface area contributed by atoms with Crippen LogP contribution < -0.4 is 0 Å². The molecule has 1 aliphatic rings. The molecule has 2 heteroatoms. The number of aryl methyl sites for hydroxylation is 1. The minimum atomic E-state index is -0.364. The normalized spacial score (nSPS) is 13.8. The largest absolute Gasteiger partial charge is 0.344 e. The summed E-state index contributed by atoms with van der Waals surface area (Å²) >= 11 is 0. The maximum Gasteiger partial charge on any atom is 0.0714 e. The lowest BCUT2D eigenvalue weighted by molar-refractivity contribution is 0.768. The van der Waals surface area contributed by atoms with Gasteiger partial charge >= 0.3 is 0 Å². The first-order valence-corrected chi connectivity index (χ1v) is 11.4. The Hall–Kier alpha value is -4.17. The van der Waals surface area contributed by atoms with Crippen molar-refractivity contribution in [3.63, 3.8) is 0 Å². The topological polar surface area (TPSA) is 17.8 Å². The van der Waals surface area contributed by atoms with Gasteiger partial charge in [0.05, 0.1) is 10.9 Å². The van der Waals surface area contributed by atoms with Crippen molar-refractivity contribution in [1.29, 1.82) is 0 Å². The quantitative estimate of drug-likeness (QED) is 0.291. The van der Waals surface area contributed by atoms with Crippen molar-refractivity contribution >= 4 is 21.8 Å². The molecule has 0 spiro atoms. The Morgan fingerprint density at radius 2 is 1.27 bits per heavy atom. The molecular formula is C31H22N2. The summed E-state index contributed by atoms with van der Waals surface area (Å²) in [5.41, 5.74) is 9.97. The van der Waals surface area contributed by atoms with Gasteiger partial charge in [-0.05, 0) is 51.6 Å². The second kappa shape index (κ2) is 6.66. The zero-order chi connectivity index (χ0) is 22.0. The molecular weight excluding hydrogens is 400 g/mol. The molecule has 0 bridgehead atoms. The van der Waals surface area contributed by atoms with Gasteiger partial charge in [-0.15, -0.1) is 0 Å². The van der Waals surface area contributed by atoms with E-state index in [0.717, 1.165) is 0 Å². The molecule has 2 nitrogen and oxygen atoms in total. The van der Waals surface area contributed by atoms with Crippen LogP contribution >= 0.6 is 0 Å². The monoisotopic (exact) mass is 422 g/mol. The molecule has 0 saturated heterocycles. The average Bonchev–Trinajstić information content (AvgIpc) is 3.34. The van der Waals surface area contributed by atoms with E-state index in [4.69, 9.17) is 0 Å². The second-order valence-electron chi connectivity index (χ2n) is 8.89. The van der Waals surface area contributed by atoms with Gasteiger partial charge in [-0.2, -0.15) is 0 Å². The van der Waals surface area contributed by atoms with Crippen LogP contribution in [0, 0.1) is 0 Å². The third-order valence-corrected chi connectivity index (χ3v) is 7.39. The standard InChI is InChI=1S/C31H22N2/c1-33-29-16-17-32-20-26(29)25-18-24-23-14-8-9-15-27(23)31(28(24)19-30(25)33,21-10-4-2-5-11-21)22-12-6-3-7-13-22/h2-20H,1H3. The molecule has 0 aliphatic heterocycles. The Morgan fingerprint density at radius 3 is 2.00 bits per heavy atom. The third-order valence-electron chi connectivity index (χ3n) is 7.39. The first-order valence-electron chi connectivity index (χ1n) is 11.4. The number of nitrogens with zero attached hydrogens (tertiary/aromatic N) is 2. The van der Waals surface area contributed by atoms with Gasteiger partial charge in [0.15, 0.2) is 0 Å². The molecule has 0 N–H and O–H groups in total. The molecule has 156 valence electrons. The van der Waals surface area contributed by atoms with Crippen LogP contribution in [-0.4, -0.2) is 9.55 Å². The maximum absolute atomic E-state index is 4.42. The minimum absolute atomic E-state index is 0.364. The number of hydrogen-bond donors (Lipinski definition) is 0. The van der Waals surface area contributed by atoms with Crippen LogP contribution in [0.5, 0.6) is 0 Å². The molecule has 0 fully saturated rings. The summed E-state index contributed by atoms with van der Waals surface area (Å²) in [6.07, 6.45) is 3.87. The van der Waals surface area contributed by atoms with E-state index >= 15 is 0 Å². The van der Waals surface area contributed by atoms with Crippen LogP contribution in [0.2, 0.25) is 0 Å². The number of hydrogen-bond acceptors (Lipinski definition) is 1. The summed E-state index contributed by atoms with van der Waals surface area (Å²) < 4.78 is 2.30. The summed E-state index contributed by atoms with van der Waals surface area (Å²) in [7, 11) is 2.16. The highest BCUT2D eigenvalue weighted by molar-refractivity contribution is 6.10. The average molecular weight is 423 g/mol. The lowest BCUT2D eigenvalue weighted by atomic mass is 9.67. The molecule has 4 aromatic carbocycles. The van der Waals surface area contributed by atoms with Crippen molar-refractivity contribution in [2.45, 2.75) is 5.41 Å². The van der Waals surface area contributed by atoms with Crippen molar-refractivity contribution in [3.8, 4) is 11.1 Å². The van der Waals surface area contributed by atoms with Crippen LogP contribution in [0.4, 0.5) is 0 Å². The van der Waals surface area contributed by atoms with E-state index in [1.54, 1.807) is 0 Å². The highest BCUT2D eigenvalue weighted by Crippen LogP contribution is 2.57. The Bertz CT molecular complexity index is 1620. The fraction of sp³-hybridized carbons (Fsp3) is 0.0645. The number of rotatable bonds is 2. The van der Waals surface area contributed by atoms with Gasteiger partial charge in [0.1, 0.15) is 0 Å². The molecule has 0 atom stereocenters. The number of pyridine rings is 1. The Balaban J connectivity index is 1.70.